The molecule has 2 amide bonds. The van der Waals surface area contributed by atoms with Crippen LogP contribution in [0.1, 0.15) is 31.1 Å². The maximum atomic E-state index is 12.2. The molecule has 0 saturated heterocycles. The summed E-state index contributed by atoms with van der Waals surface area (Å²) < 4.78 is 29.9. The van der Waals surface area contributed by atoms with E-state index in [9.17, 15) is 22.8 Å². The van der Waals surface area contributed by atoms with Crippen LogP contribution in [0.15, 0.2) is 48.5 Å². The van der Waals surface area contributed by atoms with Crippen LogP contribution in [0.3, 0.4) is 0 Å². The van der Waals surface area contributed by atoms with Crippen molar-refractivity contribution in [3.05, 3.63) is 65.2 Å². The average molecular weight is 388 g/mol. The van der Waals surface area contributed by atoms with Gasteiger partial charge in [0.2, 0.25) is 10.0 Å². The number of hydrogen-bond donors (Lipinski definition) is 1. The molecule has 0 aromatic heterocycles. The number of esters is 1. The highest BCUT2D eigenvalue weighted by Gasteiger charge is 2.34. The fraction of sp³-hybridized carbons (Fsp3) is 0.167. The number of sulfonamides is 1. The smallest absolute Gasteiger partial charge is 0.338 e. The molecule has 0 spiro atoms. The molecular formula is C18H16N2O6S. The van der Waals surface area contributed by atoms with Gasteiger partial charge in [0.15, 0.2) is 0 Å². The molecule has 9 heteroatoms. The minimum atomic E-state index is -3.47. The van der Waals surface area contributed by atoms with Crippen molar-refractivity contribution in [1.29, 1.82) is 0 Å². The molecule has 140 valence electrons. The molecule has 0 unspecified atom stereocenters. The summed E-state index contributed by atoms with van der Waals surface area (Å²) in [4.78, 5) is 37.6. The first-order chi connectivity index (χ1) is 12.8. The Balaban J connectivity index is 1.60. The van der Waals surface area contributed by atoms with E-state index in [0.29, 0.717) is 11.1 Å². The topological polar surface area (TPSA) is 110 Å². The van der Waals surface area contributed by atoms with Gasteiger partial charge in [-0.2, -0.15) is 0 Å². The van der Waals surface area contributed by atoms with E-state index in [0.717, 1.165) is 11.2 Å². The molecule has 0 radical (unpaired) electrons. The lowest BCUT2D eigenvalue weighted by molar-refractivity contribution is 0.0420. The SMILES string of the molecule is CS(=O)(=O)Nc1cccc(C(=O)OCCN2C(=O)c3ccccc3C2=O)c1. The Kier molecular flexibility index (Phi) is 4.95. The molecule has 8 nitrogen and oxygen atoms in total. The molecule has 1 heterocycles. The quantitative estimate of drug-likeness (QED) is 0.593. The zero-order chi connectivity index (χ0) is 19.6. The molecule has 3 rings (SSSR count). The van der Waals surface area contributed by atoms with Crippen LogP contribution < -0.4 is 4.72 Å². The van der Waals surface area contributed by atoms with E-state index in [2.05, 4.69) is 4.72 Å². The molecule has 0 aliphatic carbocycles. The predicted molar refractivity (Wildman–Crippen MR) is 97.0 cm³/mol. The van der Waals surface area contributed by atoms with Gasteiger partial charge in [0.1, 0.15) is 6.61 Å². The number of ether oxygens (including phenoxy) is 1. The van der Waals surface area contributed by atoms with Gasteiger partial charge < -0.3 is 4.74 Å². The standard InChI is InChI=1S/C18H16N2O6S/c1-27(24,25)19-13-6-4-5-12(11-13)18(23)26-10-9-20-16(21)14-7-2-3-8-15(14)17(20)22/h2-8,11,19H,9-10H2,1H3. The molecule has 27 heavy (non-hydrogen) atoms. The predicted octanol–water partition coefficient (Wildman–Crippen LogP) is 1.51. The molecule has 0 bridgehead atoms. The number of rotatable bonds is 6. The van der Waals surface area contributed by atoms with Crippen molar-refractivity contribution < 1.29 is 27.5 Å². The highest BCUT2D eigenvalue weighted by Crippen LogP contribution is 2.22. The number of amides is 2. The van der Waals surface area contributed by atoms with Gasteiger partial charge in [0.05, 0.1) is 29.5 Å². The lowest BCUT2D eigenvalue weighted by Gasteiger charge is -2.14. The molecule has 0 fully saturated rings. The summed E-state index contributed by atoms with van der Waals surface area (Å²) in [5.74, 6) is -1.54. The maximum Gasteiger partial charge on any atom is 0.338 e. The summed E-state index contributed by atoms with van der Waals surface area (Å²) >= 11 is 0. The van der Waals surface area contributed by atoms with Gasteiger partial charge in [-0.3, -0.25) is 19.2 Å². The van der Waals surface area contributed by atoms with Crippen molar-refractivity contribution in [3.8, 4) is 0 Å². The summed E-state index contributed by atoms with van der Waals surface area (Å²) in [5, 5.41) is 0. The fourth-order valence-electron chi connectivity index (χ4n) is 2.68. The normalized spacial score (nSPS) is 13.4. The van der Waals surface area contributed by atoms with Crippen LogP contribution in [0.25, 0.3) is 0 Å². The third-order valence-electron chi connectivity index (χ3n) is 3.83. The number of benzene rings is 2. The number of nitrogens with zero attached hydrogens (tertiary/aromatic N) is 1. The number of fused-ring (bicyclic) bond motifs is 1. The number of carbonyl (C=O) groups is 3. The monoisotopic (exact) mass is 388 g/mol. The van der Waals surface area contributed by atoms with E-state index in [-0.39, 0.29) is 24.4 Å². The lowest BCUT2D eigenvalue weighted by atomic mass is 10.1. The summed E-state index contributed by atoms with van der Waals surface area (Å²) in [6, 6.07) is 12.3. The van der Waals surface area contributed by atoms with Gasteiger partial charge in [-0.1, -0.05) is 18.2 Å². The Morgan fingerprint density at radius 2 is 1.67 bits per heavy atom. The molecule has 1 aliphatic rings. The first kappa shape index (κ1) is 18.6. The van der Waals surface area contributed by atoms with E-state index in [1.165, 1.54) is 24.3 Å². The second-order valence-electron chi connectivity index (χ2n) is 5.90. The second-order valence-corrected chi connectivity index (χ2v) is 7.65. The van der Waals surface area contributed by atoms with E-state index in [1.54, 1.807) is 24.3 Å². The fourth-order valence-corrected chi connectivity index (χ4v) is 3.23. The Morgan fingerprint density at radius 3 is 2.26 bits per heavy atom. The van der Waals surface area contributed by atoms with Gasteiger partial charge in [-0.15, -0.1) is 0 Å². The molecule has 2 aromatic rings. The largest absolute Gasteiger partial charge is 0.460 e. The third kappa shape index (κ3) is 4.14. The zero-order valence-corrected chi connectivity index (χ0v) is 15.2. The minimum Gasteiger partial charge on any atom is -0.460 e. The summed E-state index contributed by atoms with van der Waals surface area (Å²) in [6.07, 6.45) is 1.00. The maximum absolute atomic E-state index is 12.2. The Morgan fingerprint density at radius 1 is 1.04 bits per heavy atom. The minimum absolute atomic E-state index is 0.0701. The molecule has 2 aromatic carbocycles. The molecular weight excluding hydrogens is 372 g/mol. The van der Waals surface area contributed by atoms with E-state index >= 15 is 0 Å². The molecule has 1 N–H and O–H groups in total. The van der Waals surface area contributed by atoms with E-state index in [1.807, 2.05) is 0 Å². The van der Waals surface area contributed by atoms with Crippen LogP contribution in [0.2, 0.25) is 0 Å². The van der Waals surface area contributed by atoms with Crippen LogP contribution in [-0.4, -0.2) is 50.5 Å². The van der Waals surface area contributed by atoms with Gasteiger partial charge in [0.25, 0.3) is 11.8 Å². The van der Waals surface area contributed by atoms with Crippen molar-refractivity contribution in [2.45, 2.75) is 0 Å². The van der Waals surface area contributed by atoms with E-state index in [4.69, 9.17) is 4.74 Å². The Bertz CT molecular complexity index is 997. The van der Waals surface area contributed by atoms with Crippen LogP contribution in [0, 0.1) is 0 Å². The second kappa shape index (κ2) is 7.20. The van der Waals surface area contributed by atoms with Gasteiger partial charge in [-0.05, 0) is 30.3 Å². The molecule has 1 aliphatic heterocycles. The first-order valence-electron chi connectivity index (χ1n) is 7.96. The molecule has 0 saturated carbocycles. The van der Waals surface area contributed by atoms with Crippen LogP contribution in [0.4, 0.5) is 5.69 Å². The first-order valence-corrected chi connectivity index (χ1v) is 9.85. The van der Waals surface area contributed by atoms with Crippen LogP contribution in [-0.2, 0) is 14.8 Å². The summed E-state index contributed by atoms with van der Waals surface area (Å²) in [5.41, 5.74) is 1.03. The number of hydrogen-bond acceptors (Lipinski definition) is 6. The third-order valence-corrected chi connectivity index (χ3v) is 4.43. The van der Waals surface area contributed by atoms with Crippen molar-refractivity contribution in [2.24, 2.45) is 0 Å². The highest BCUT2D eigenvalue weighted by molar-refractivity contribution is 7.92. The van der Waals surface area contributed by atoms with E-state index < -0.39 is 27.8 Å². The van der Waals surface area contributed by atoms with Gasteiger partial charge >= 0.3 is 5.97 Å². The number of anilines is 1. The average Bonchev–Trinajstić information content (AvgIpc) is 2.85. The number of nitrogens with one attached hydrogen (secondary N) is 1. The van der Waals surface area contributed by atoms with Crippen molar-refractivity contribution in [2.75, 3.05) is 24.1 Å². The Labute approximate surface area is 155 Å². The zero-order valence-electron chi connectivity index (χ0n) is 14.3. The van der Waals surface area contributed by atoms with Crippen LogP contribution >= 0.6 is 0 Å². The summed E-state index contributed by atoms with van der Waals surface area (Å²) in [6.45, 7) is -0.243. The van der Waals surface area contributed by atoms with Crippen molar-refractivity contribution in [3.63, 3.8) is 0 Å². The highest BCUT2D eigenvalue weighted by atomic mass is 32.2. The van der Waals surface area contributed by atoms with Crippen molar-refractivity contribution in [1.82, 2.24) is 4.90 Å². The molecule has 0 atom stereocenters. The van der Waals surface area contributed by atoms with Crippen LogP contribution in [0.5, 0.6) is 0 Å². The van der Waals surface area contributed by atoms with Gasteiger partial charge in [-0.25, -0.2) is 13.2 Å². The lowest BCUT2D eigenvalue weighted by Crippen LogP contribution is -2.33. The van der Waals surface area contributed by atoms with Gasteiger partial charge in [0, 0.05) is 5.69 Å². The van der Waals surface area contributed by atoms with Crippen molar-refractivity contribution >= 4 is 33.5 Å². The Hall–Kier alpha value is -3.20. The number of carbonyl (C=O) groups excluding carboxylic acids is 3. The number of imide groups is 1. The summed E-state index contributed by atoms with van der Waals surface area (Å²) in [7, 11) is -3.47.